The van der Waals surface area contributed by atoms with Gasteiger partial charge in [-0.3, -0.25) is 4.79 Å². The number of benzene rings is 1. The Bertz CT molecular complexity index is 695. The first-order chi connectivity index (χ1) is 11.1. The van der Waals surface area contributed by atoms with E-state index < -0.39 is 58.2 Å². The Kier molecular flexibility index (Phi) is 3.83. The molecule has 1 aliphatic heterocycles. The van der Waals surface area contributed by atoms with Crippen molar-refractivity contribution in [3.63, 3.8) is 0 Å². The van der Waals surface area contributed by atoms with Crippen LogP contribution in [-0.2, 0) is 14.3 Å². The standard InChI is InChI=1S/C15H14F5NO3/c1-14(2)23-6-4-3-5-15(6,24-14)13(22)21-12-10(19)8(17)7(16)9(18)11(12)20/h6H,3-5H2,1-2H3,(H,21,22)/t6-,15+/m1/s1. The highest BCUT2D eigenvalue weighted by atomic mass is 19.2. The first kappa shape index (κ1) is 17.1. The van der Waals surface area contributed by atoms with Gasteiger partial charge in [0.2, 0.25) is 5.82 Å². The quantitative estimate of drug-likeness (QED) is 0.505. The van der Waals surface area contributed by atoms with E-state index in [0.29, 0.717) is 12.8 Å². The SMILES string of the molecule is CC1(C)O[C@@H]2CCC[C@]2(C(=O)Nc2c(F)c(F)c(F)c(F)c2F)O1. The second-order valence-electron chi connectivity index (χ2n) is 6.29. The molecule has 1 saturated carbocycles. The molecule has 0 unspecified atom stereocenters. The third-order valence-electron chi connectivity index (χ3n) is 4.22. The summed E-state index contributed by atoms with van der Waals surface area (Å²) >= 11 is 0. The van der Waals surface area contributed by atoms with Crippen molar-refractivity contribution < 1.29 is 36.2 Å². The Balaban J connectivity index is 1.97. The molecule has 1 aromatic carbocycles. The molecule has 9 heteroatoms. The minimum atomic E-state index is -2.29. The summed E-state index contributed by atoms with van der Waals surface area (Å²) in [5.74, 6) is -12.9. The van der Waals surface area contributed by atoms with Crippen LogP contribution in [0.25, 0.3) is 0 Å². The molecule has 0 aromatic heterocycles. The third-order valence-corrected chi connectivity index (χ3v) is 4.22. The van der Waals surface area contributed by atoms with E-state index in [1.54, 1.807) is 19.2 Å². The van der Waals surface area contributed by atoms with E-state index in [2.05, 4.69) is 0 Å². The van der Waals surface area contributed by atoms with Crippen molar-refractivity contribution in [2.24, 2.45) is 0 Å². The molecule has 1 N–H and O–H groups in total. The van der Waals surface area contributed by atoms with E-state index in [1.165, 1.54) is 0 Å². The number of hydrogen-bond acceptors (Lipinski definition) is 3. The lowest BCUT2D eigenvalue weighted by Gasteiger charge is -2.27. The fraction of sp³-hybridized carbons (Fsp3) is 0.533. The van der Waals surface area contributed by atoms with Gasteiger partial charge in [0.05, 0.1) is 6.10 Å². The second kappa shape index (κ2) is 5.38. The van der Waals surface area contributed by atoms with E-state index in [4.69, 9.17) is 9.47 Å². The summed E-state index contributed by atoms with van der Waals surface area (Å²) in [6.45, 7) is 3.14. The summed E-state index contributed by atoms with van der Waals surface area (Å²) in [5.41, 5.74) is -2.92. The first-order valence-electron chi connectivity index (χ1n) is 7.30. The molecular formula is C15H14F5NO3. The third kappa shape index (κ3) is 2.37. The highest BCUT2D eigenvalue weighted by Crippen LogP contribution is 2.47. The molecule has 0 radical (unpaired) electrons. The van der Waals surface area contributed by atoms with Gasteiger partial charge in [0.25, 0.3) is 5.91 Å². The minimum Gasteiger partial charge on any atom is -0.344 e. The predicted molar refractivity (Wildman–Crippen MR) is 71.5 cm³/mol. The maximum Gasteiger partial charge on any atom is 0.259 e. The van der Waals surface area contributed by atoms with Crippen molar-refractivity contribution in [3.05, 3.63) is 29.1 Å². The lowest BCUT2D eigenvalue weighted by Crippen LogP contribution is -2.48. The molecule has 1 heterocycles. The van der Waals surface area contributed by atoms with E-state index in [-0.39, 0.29) is 6.42 Å². The molecule has 1 amide bonds. The fourth-order valence-electron chi connectivity index (χ4n) is 3.26. The van der Waals surface area contributed by atoms with Crippen LogP contribution in [0.2, 0.25) is 0 Å². The van der Waals surface area contributed by atoms with Crippen LogP contribution in [0, 0.1) is 29.1 Å². The largest absolute Gasteiger partial charge is 0.344 e. The molecule has 1 aromatic rings. The number of amides is 1. The van der Waals surface area contributed by atoms with Crippen LogP contribution in [0.3, 0.4) is 0 Å². The zero-order chi connectivity index (χ0) is 17.9. The van der Waals surface area contributed by atoms with Crippen molar-refractivity contribution in [2.45, 2.75) is 50.6 Å². The molecule has 2 fully saturated rings. The van der Waals surface area contributed by atoms with Gasteiger partial charge in [-0.1, -0.05) is 0 Å². The average molecular weight is 351 g/mol. The van der Waals surface area contributed by atoms with Crippen molar-refractivity contribution >= 4 is 11.6 Å². The molecular weight excluding hydrogens is 337 g/mol. The van der Waals surface area contributed by atoms with E-state index in [9.17, 15) is 26.7 Å². The Labute approximate surface area is 133 Å². The number of carbonyl (C=O) groups excluding carboxylic acids is 1. The van der Waals surface area contributed by atoms with Crippen LogP contribution in [-0.4, -0.2) is 23.4 Å². The lowest BCUT2D eigenvalue weighted by atomic mass is 9.98. The molecule has 1 aliphatic carbocycles. The smallest absolute Gasteiger partial charge is 0.259 e. The number of ether oxygens (including phenoxy) is 2. The zero-order valence-electron chi connectivity index (χ0n) is 12.8. The lowest BCUT2D eigenvalue weighted by molar-refractivity contribution is -0.174. The van der Waals surface area contributed by atoms with Gasteiger partial charge in [0.15, 0.2) is 34.7 Å². The molecule has 24 heavy (non-hydrogen) atoms. The number of fused-ring (bicyclic) bond motifs is 1. The number of halogens is 5. The highest BCUT2D eigenvalue weighted by molar-refractivity contribution is 5.98. The van der Waals surface area contributed by atoms with Gasteiger partial charge in [-0.15, -0.1) is 0 Å². The van der Waals surface area contributed by atoms with Crippen LogP contribution in [0.1, 0.15) is 33.1 Å². The van der Waals surface area contributed by atoms with Gasteiger partial charge in [-0.05, 0) is 33.1 Å². The predicted octanol–water partition coefficient (Wildman–Crippen LogP) is 3.39. The van der Waals surface area contributed by atoms with Gasteiger partial charge in [-0.2, -0.15) is 0 Å². The van der Waals surface area contributed by atoms with Gasteiger partial charge >= 0.3 is 0 Å². The molecule has 0 spiro atoms. The molecule has 1 saturated heterocycles. The Morgan fingerprint density at radius 2 is 1.58 bits per heavy atom. The monoisotopic (exact) mass is 351 g/mol. The molecule has 3 rings (SSSR count). The Hall–Kier alpha value is -1.74. The van der Waals surface area contributed by atoms with Crippen molar-refractivity contribution in [1.29, 1.82) is 0 Å². The molecule has 132 valence electrons. The number of anilines is 1. The van der Waals surface area contributed by atoms with Crippen molar-refractivity contribution in [2.75, 3.05) is 5.32 Å². The summed E-state index contributed by atoms with van der Waals surface area (Å²) in [6.07, 6.45) is 0.593. The number of nitrogens with one attached hydrogen (secondary N) is 1. The van der Waals surface area contributed by atoms with Gasteiger partial charge < -0.3 is 14.8 Å². The summed E-state index contributed by atoms with van der Waals surface area (Å²) < 4.78 is 78.2. The van der Waals surface area contributed by atoms with E-state index >= 15 is 0 Å². The summed E-state index contributed by atoms with van der Waals surface area (Å²) in [6, 6.07) is 0. The van der Waals surface area contributed by atoms with E-state index in [0.717, 1.165) is 0 Å². The average Bonchev–Trinajstić information content (AvgIpc) is 3.00. The van der Waals surface area contributed by atoms with Crippen LogP contribution in [0.5, 0.6) is 0 Å². The first-order valence-corrected chi connectivity index (χ1v) is 7.30. The maximum absolute atomic E-state index is 13.7. The van der Waals surface area contributed by atoms with Crippen LogP contribution in [0.4, 0.5) is 27.6 Å². The summed E-state index contributed by atoms with van der Waals surface area (Å²) in [7, 11) is 0. The molecule has 4 nitrogen and oxygen atoms in total. The van der Waals surface area contributed by atoms with E-state index in [1.807, 2.05) is 0 Å². The summed E-state index contributed by atoms with van der Waals surface area (Å²) in [4.78, 5) is 12.5. The minimum absolute atomic E-state index is 0.211. The normalized spacial score (nSPS) is 28.0. The van der Waals surface area contributed by atoms with Gasteiger partial charge in [0.1, 0.15) is 5.69 Å². The second-order valence-corrected chi connectivity index (χ2v) is 6.29. The zero-order valence-corrected chi connectivity index (χ0v) is 12.8. The number of rotatable bonds is 2. The van der Waals surface area contributed by atoms with Crippen molar-refractivity contribution in [3.8, 4) is 0 Å². The summed E-state index contributed by atoms with van der Waals surface area (Å²) in [5, 5.41) is 1.79. The van der Waals surface area contributed by atoms with Gasteiger partial charge in [-0.25, -0.2) is 22.0 Å². The molecule has 2 atom stereocenters. The Morgan fingerprint density at radius 3 is 2.17 bits per heavy atom. The Morgan fingerprint density at radius 1 is 1.04 bits per heavy atom. The molecule has 0 bridgehead atoms. The van der Waals surface area contributed by atoms with Crippen molar-refractivity contribution in [1.82, 2.24) is 0 Å². The number of hydrogen-bond donors (Lipinski definition) is 1. The number of carbonyl (C=O) groups is 1. The topological polar surface area (TPSA) is 47.6 Å². The van der Waals surface area contributed by atoms with Gasteiger partial charge in [0, 0.05) is 0 Å². The molecule has 2 aliphatic rings. The maximum atomic E-state index is 13.7. The van der Waals surface area contributed by atoms with Crippen LogP contribution >= 0.6 is 0 Å². The van der Waals surface area contributed by atoms with Crippen LogP contribution in [0.15, 0.2) is 0 Å². The van der Waals surface area contributed by atoms with Crippen LogP contribution < -0.4 is 5.32 Å². The fourth-order valence-corrected chi connectivity index (χ4v) is 3.26. The highest BCUT2D eigenvalue weighted by Gasteiger charge is 2.60.